The van der Waals surface area contributed by atoms with Gasteiger partial charge in [-0.25, -0.2) is 0 Å². The molecule has 1 N–H and O–H groups in total. The molecule has 0 aromatic heterocycles. The largest absolute Gasteiger partial charge is 0.352 e. The monoisotopic (exact) mass is 271 g/mol. The summed E-state index contributed by atoms with van der Waals surface area (Å²) in [6.45, 7) is 3.82. The van der Waals surface area contributed by atoms with Gasteiger partial charge in [-0.1, -0.05) is 15.9 Å². The van der Waals surface area contributed by atoms with Crippen molar-refractivity contribution in [2.75, 3.05) is 0 Å². The van der Waals surface area contributed by atoms with Gasteiger partial charge in [-0.2, -0.15) is 0 Å². The van der Waals surface area contributed by atoms with Crippen LogP contribution < -0.4 is 5.32 Å². The number of carbonyl (C=O) groups is 1. The topological polar surface area (TPSA) is 29.1 Å². The SMILES string of the molecule is CC(C)(Br)C(=O)NC1C2C3CCC(C3)C12. The summed E-state index contributed by atoms with van der Waals surface area (Å²) in [6.07, 6.45) is 4.27. The number of nitrogens with one attached hydrogen (secondary N) is 1. The van der Waals surface area contributed by atoms with E-state index in [1.807, 2.05) is 13.8 Å². The maximum atomic E-state index is 11.8. The standard InChI is InChI=1S/C12H18BrNO/c1-12(2,13)11(15)14-10-8-6-3-4-7(5-6)9(8)10/h6-10H,3-5H2,1-2H3,(H,14,15). The highest BCUT2D eigenvalue weighted by atomic mass is 79.9. The van der Waals surface area contributed by atoms with Gasteiger partial charge in [-0.05, 0) is 56.8 Å². The van der Waals surface area contributed by atoms with Gasteiger partial charge in [0.15, 0.2) is 0 Å². The van der Waals surface area contributed by atoms with Crippen molar-refractivity contribution < 1.29 is 4.79 Å². The van der Waals surface area contributed by atoms with Gasteiger partial charge in [0, 0.05) is 6.04 Å². The highest BCUT2D eigenvalue weighted by Gasteiger charge is 2.65. The molecule has 3 fully saturated rings. The lowest BCUT2D eigenvalue weighted by atomic mass is 10.0. The van der Waals surface area contributed by atoms with Gasteiger partial charge in [0.1, 0.15) is 0 Å². The van der Waals surface area contributed by atoms with E-state index in [4.69, 9.17) is 0 Å². The van der Waals surface area contributed by atoms with Gasteiger partial charge >= 0.3 is 0 Å². The van der Waals surface area contributed by atoms with E-state index >= 15 is 0 Å². The number of fused-ring (bicyclic) bond motifs is 5. The van der Waals surface area contributed by atoms with Gasteiger partial charge in [0.25, 0.3) is 0 Å². The Morgan fingerprint density at radius 1 is 1.27 bits per heavy atom. The highest BCUT2D eigenvalue weighted by Crippen LogP contribution is 2.65. The van der Waals surface area contributed by atoms with Crippen molar-refractivity contribution in [3.05, 3.63) is 0 Å². The fraction of sp³-hybridized carbons (Fsp3) is 0.917. The van der Waals surface area contributed by atoms with Crippen molar-refractivity contribution >= 4 is 21.8 Å². The van der Waals surface area contributed by atoms with Crippen molar-refractivity contribution in [2.24, 2.45) is 23.7 Å². The van der Waals surface area contributed by atoms with E-state index in [-0.39, 0.29) is 5.91 Å². The van der Waals surface area contributed by atoms with Crippen molar-refractivity contribution in [3.63, 3.8) is 0 Å². The van der Waals surface area contributed by atoms with Gasteiger partial charge in [-0.15, -0.1) is 0 Å². The summed E-state index contributed by atoms with van der Waals surface area (Å²) in [4.78, 5) is 11.8. The van der Waals surface area contributed by atoms with E-state index < -0.39 is 4.32 Å². The van der Waals surface area contributed by atoms with Gasteiger partial charge < -0.3 is 5.32 Å². The van der Waals surface area contributed by atoms with Gasteiger partial charge in [0.05, 0.1) is 4.32 Å². The van der Waals surface area contributed by atoms with E-state index in [0.29, 0.717) is 6.04 Å². The number of carbonyl (C=O) groups excluding carboxylic acids is 1. The van der Waals surface area contributed by atoms with Crippen molar-refractivity contribution in [2.45, 2.75) is 43.5 Å². The second-order valence-corrected chi connectivity index (χ2v) is 7.94. The van der Waals surface area contributed by atoms with Crippen molar-refractivity contribution in [3.8, 4) is 0 Å². The third-order valence-corrected chi connectivity index (χ3v) is 4.93. The second-order valence-electron chi connectivity index (χ2n) is 5.96. The molecule has 3 saturated carbocycles. The molecule has 0 aliphatic heterocycles. The minimum atomic E-state index is -0.414. The molecular weight excluding hydrogens is 254 g/mol. The van der Waals surface area contributed by atoms with E-state index in [0.717, 1.165) is 23.7 Å². The minimum absolute atomic E-state index is 0.154. The van der Waals surface area contributed by atoms with Crippen LogP contribution in [0.2, 0.25) is 0 Å². The zero-order chi connectivity index (χ0) is 10.8. The quantitative estimate of drug-likeness (QED) is 0.768. The molecular formula is C12H18BrNO. The van der Waals surface area contributed by atoms with Crippen LogP contribution in [-0.2, 0) is 4.79 Å². The Hall–Kier alpha value is -0.0500. The molecule has 15 heavy (non-hydrogen) atoms. The summed E-state index contributed by atoms with van der Waals surface area (Å²) < 4.78 is -0.414. The number of rotatable bonds is 2. The van der Waals surface area contributed by atoms with E-state index in [1.54, 1.807) is 0 Å². The third-order valence-electron chi connectivity index (χ3n) is 4.57. The molecule has 0 spiro atoms. The predicted molar refractivity (Wildman–Crippen MR) is 62.7 cm³/mol. The fourth-order valence-electron chi connectivity index (χ4n) is 3.84. The average molecular weight is 272 g/mol. The molecule has 0 radical (unpaired) electrons. The highest BCUT2D eigenvalue weighted by molar-refractivity contribution is 9.10. The molecule has 0 saturated heterocycles. The Labute approximate surface area is 99.3 Å². The lowest BCUT2D eigenvalue weighted by molar-refractivity contribution is -0.122. The summed E-state index contributed by atoms with van der Waals surface area (Å²) in [6, 6.07) is 0.514. The molecule has 3 aliphatic rings. The predicted octanol–water partition coefficient (Wildman–Crippen LogP) is 2.32. The maximum absolute atomic E-state index is 11.8. The lowest BCUT2D eigenvalue weighted by Crippen LogP contribution is -2.40. The van der Waals surface area contributed by atoms with Crippen LogP contribution in [0.1, 0.15) is 33.1 Å². The Morgan fingerprint density at radius 3 is 2.27 bits per heavy atom. The molecule has 0 aromatic carbocycles. The average Bonchev–Trinajstić information content (AvgIpc) is 2.57. The summed E-state index contributed by atoms with van der Waals surface area (Å²) in [7, 11) is 0. The normalized spacial score (nSPS) is 46.5. The molecule has 0 heterocycles. The third kappa shape index (κ3) is 1.46. The molecule has 3 aliphatic carbocycles. The molecule has 3 rings (SSSR count). The Morgan fingerprint density at radius 2 is 1.80 bits per heavy atom. The molecule has 2 bridgehead atoms. The lowest BCUT2D eigenvalue weighted by Gasteiger charge is -2.18. The zero-order valence-corrected chi connectivity index (χ0v) is 10.9. The smallest absolute Gasteiger partial charge is 0.236 e. The number of alkyl halides is 1. The summed E-state index contributed by atoms with van der Waals surface area (Å²) in [5.41, 5.74) is 0. The summed E-state index contributed by atoms with van der Waals surface area (Å²) in [5.74, 6) is 3.69. The first-order valence-corrected chi connectivity index (χ1v) is 6.77. The van der Waals surface area contributed by atoms with Crippen LogP contribution in [0.15, 0.2) is 0 Å². The van der Waals surface area contributed by atoms with Crippen LogP contribution in [0, 0.1) is 23.7 Å². The first-order chi connectivity index (χ1) is 6.98. The zero-order valence-electron chi connectivity index (χ0n) is 9.29. The van der Waals surface area contributed by atoms with Crippen LogP contribution in [0.3, 0.4) is 0 Å². The van der Waals surface area contributed by atoms with Crippen LogP contribution in [0.5, 0.6) is 0 Å². The summed E-state index contributed by atoms with van der Waals surface area (Å²) in [5, 5.41) is 3.21. The first-order valence-electron chi connectivity index (χ1n) is 5.98. The van der Waals surface area contributed by atoms with Crippen LogP contribution in [-0.4, -0.2) is 16.3 Å². The van der Waals surface area contributed by atoms with E-state index in [9.17, 15) is 4.79 Å². The molecule has 3 heteroatoms. The Balaban J connectivity index is 1.62. The maximum Gasteiger partial charge on any atom is 0.236 e. The van der Waals surface area contributed by atoms with Gasteiger partial charge in [-0.3, -0.25) is 4.79 Å². The molecule has 1 amide bonds. The Bertz CT molecular complexity index is 293. The van der Waals surface area contributed by atoms with Crippen LogP contribution in [0.25, 0.3) is 0 Å². The number of hydrogen-bond acceptors (Lipinski definition) is 1. The minimum Gasteiger partial charge on any atom is -0.352 e. The summed E-state index contributed by atoms with van der Waals surface area (Å²) >= 11 is 3.41. The van der Waals surface area contributed by atoms with Crippen molar-refractivity contribution in [1.29, 1.82) is 0 Å². The van der Waals surface area contributed by atoms with Gasteiger partial charge in [0.2, 0.25) is 5.91 Å². The van der Waals surface area contributed by atoms with Crippen LogP contribution in [0.4, 0.5) is 0 Å². The number of amides is 1. The first kappa shape index (κ1) is 10.1. The second kappa shape index (κ2) is 2.99. The fourth-order valence-corrected chi connectivity index (χ4v) is 3.96. The molecule has 4 unspecified atom stereocenters. The molecule has 0 aromatic rings. The Kier molecular flexibility index (Phi) is 2.02. The molecule has 84 valence electrons. The van der Waals surface area contributed by atoms with Crippen LogP contribution >= 0.6 is 15.9 Å². The molecule has 2 nitrogen and oxygen atoms in total. The number of halogens is 1. The molecule has 4 atom stereocenters. The van der Waals surface area contributed by atoms with E-state index in [1.165, 1.54) is 19.3 Å². The van der Waals surface area contributed by atoms with E-state index in [2.05, 4.69) is 21.2 Å². The van der Waals surface area contributed by atoms with Crippen molar-refractivity contribution in [1.82, 2.24) is 5.32 Å². The number of hydrogen-bond donors (Lipinski definition) is 1.